The van der Waals surface area contributed by atoms with Gasteiger partial charge in [-0.25, -0.2) is 0 Å². The smallest absolute Gasteiger partial charge is 0.370 e. The second-order valence-corrected chi connectivity index (χ2v) is 4.23. The van der Waals surface area contributed by atoms with E-state index in [1.54, 1.807) is 6.92 Å². The fourth-order valence-electron chi connectivity index (χ4n) is 1.63. The van der Waals surface area contributed by atoms with Crippen molar-refractivity contribution in [3.8, 4) is 0 Å². The molecule has 0 saturated carbocycles. The van der Waals surface area contributed by atoms with Gasteiger partial charge in [-0.1, -0.05) is 0 Å². The van der Waals surface area contributed by atoms with Crippen molar-refractivity contribution < 1.29 is 22.7 Å². The third-order valence-electron chi connectivity index (χ3n) is 2.45. The van der Waals surface area contributed by atoms with Crippen LogP contribution in [0, 0.1) is 5.92 Å². The lowest BCUT2D eigenvalue weighted by Gasteiger charge is -2.17. The first-order valence-corrected chi connectivity index (χ1v) is 5.54. The van der Waals surface area contributed by atoms with Gasteiger partial charge in [0.05, 0.1) is 12.5 Å². The molecule has 0 aromatic rings. The summed E-state index contributed by atoms with van der Waals surface area (Å²) in [7, 11) is 0. The summed E-state index contributed by atoms with van der Waals surface area (Å²) in [5.74, 6) is -0.210. The van der Waals surface area contributed by atoms with Crippen molar-refractivity contribution in [1.29, 1.82) is 0 Å². The predicted octanol–water partition coefficient (Wildman–Crippen LogP) is 0.679. The molecule has 1 fully saturated rings. The Balaban J connectivity index is 2.15. The van der Waals surface area contributed by atoms with Gasteiger partial charge in [0.15, 0.2) is 0 Å². The molecule has 0 unspecified atom stereocenters. The molecule has 1 amide bonds. The van der Waals surface area contributed by atoms with E-state index in [0.717, 1.165) is 13.0 Å². The minimum atomic E-state index is -4.32. The number of carbonyl (C=O) groups is 1. The predicted molar refractivity (Wildman–Crippen MR) is 55.5 cm³/mol. The summed E-state index contributed by atoms with van der Waals surface area (Å²) < 4.78 is 39.8. The van der Waals surface area contributed by atoms with Gasteiger partial charge in [-0.05, 0) is 19.9 Å². The summed E-state index contributed by atoms with van der Waals surface area (Å²) in [6.07, 6.45) is -3.55. The van der Waals surface area contributed by atoms with Crippen LogP contribution in [0.4, 0.5) is 13.2 Å². The van der Waals surface area contributed by atoms with Gasteiger partial charge in [0.25, 0.3) is 0 Å². The van der Waals surface area contributed by atoms with Gasteiger partial charge in [-0.15, -0.1) is 0 Å². The van der Waals surface area contributed by atoms with Crippen molar-refractivity contribution in [2.45, 2.75) is 25.6 Å². The van der Waals surface area contributed by atoms with E-state index in [4.69, 9.17) is 0 Å². The summed E-state index contributed by atoms with van der Waals surface area (Å²) in [6, 6.07) is -0.412. The average molecular weight is 254 g/mol. The quantitative estimate of drug-likeness (QED) is 0.758. The first kappa shape index (κ1) is 14.2. The highest BCUT2D eigenvalue weighted by Gasteiger charge is 2.28. The number of carbonyl (C=O) groups excluding carboxylic acids is 1. The Morgan fingerprint density at radius 1 is 1.59 bits per heavy atom. The van der Waals surface area contributed by atoms with E-state index in [2.05, 4.69) is 15.4 Å². The molecule has 4 nitrogen and oxygen atoms in total. The van der Waals surface area contributed by atoms with E-state index in [-0.39, 0.29) is 18.4 Å². The largest absolute Gasteiger partial charge is 0.411 e. The first-order chi connectivity index (χ1) is 7.88. The maximum atomic E-state index is 11.8. The lowest BCUT2D eigenvalue weighted by molar-refractivity contribution is -0.175. The number of ether oxygens (including phenoxy) is 1. The molecule has 1 rings (SSSR count). The second kappa shape index (κ2) is 6.20. The molecule has 2 N–H and O–H groups in total. The lowest BCUT2D eigenvalue weighted by atomic mass is 10.1. The third kappa shape index (κ3) is 5.88. The maximum absolute atomic E-state index is 11.8. The van der Waals surface area contributed by atoms with Crippen LogP contribution in [0.3, 0.4) is 0 Å². The molecule has 0 spiro atoms. The van der Waals surface area contributed by atoms with Crippen molar-refractivity contribution in [3.05, 3.63) is 0 Å². The van der Waals surface area contributed by atoms with Gasteiger partial charge in [-0.3, -0.25) is 4.79 Å². The number of amides is 1. The Morgan fingerprint density at radius 2 is 2.29 bits per heavy atom. The number of hydrogen-bond donors (Lipinski definition) is 2. The van der Waals surface area contributed by atoms with Gasteiger partial charge >= 0.3 is 6.18 Å². The zero-order valence-electron chi connectivity index (χ0n) is 9.64. The fourth-order valence-corrected chi connectivity index (χ4v) is 1.63. The van der Waals surface area contributed by atoms with Gasteiger partial charge in [0.1, 0.15) is 6.61 Å². The van der Waals surface area contributed by atoms with Gasteiger partial charge < -0.3 is 15.4 Å². The highest BCUT2D eigenvalue weighted by molar-refractivity contribution is 5.79. The van der Waals surface area contributed by atoms with E-state index in [1.807, 2.05) is 0 Å². The molecule has 1 saturated heterocycles. The summed E-state index contributed by atoms with van der Waals surface area (Å²) in [6.45, 7) is 1.64. The summed E-state index contributed by atoms with van der Waals surface area (Å²) in [5, 5.41) is 5.69. The standard InChI is InChI=1S/C10H17F3N2O2/c1-7(5-17-6-10(11,12)13)15-9(16)8-2-3-14-4-8/h7-8,14H,2-6H2,1H3,(H,15,16)/t7-,8+/m1/s1. The molecule has 0 aromatic heterocycles. The highest BCUT2D eigenvalue weighted by Crippen LogP contribution is 2.14. The van der Waals surface area contributed by atoms with Crippen LogP contribution in [0.25, 0.3) is 0 Å². The fraction of sp³-hybridized carbons (Fsp3) is 0.900. The van der Waals surface area contributed by atoms with Crippen LogP contribution in [0.5, 0.6) is 0 Å². The van der Waals surface area contributed by atoms with Crippen molar-refractivity contribution in [1.82, 2.24) is 10.6 Å². The first-order valence-electron chi connectivity index (χ1n) is 5.54. The van der Waals surface area contributed by atoms with Crippen LogP contribution in [-0.4, -0.2) is 44.4 Å². The number of rotatable bonds is 5. The molecule has 1 heterocycles. The van der Waals surface area contributed by atoms with Crippen LogP contribution < -0.4 is 10.6 Å². The minimum Gasteiger partial charge on any atom is -0.370 e. The lowest BCUT2D eigenvalue weighted by Crippen LogP contribution is -2.40. The van der Waals surface area contributed by atoms with Gasteiger partial charge in [-0.2, -0.15) is 13.2 Å². The van der Waals surface area contributed by atoms with Crippen LogP contribution in [0.2, 0.25) is 0 Å². The van der Waals surface area contributed by atoms with Crippen molar-refractivity contribution in [2.24, 2.45) is 5.92 Å². The Bertz CT molecular complexity index is 252. The van der Waals surface area contributed by atoms with Crippen LogP contribution in [-0.2, 0) is 9.53 Å². The number of halogens is 3. The molecule has 0 aliphatic carbocycles. The number of alkyl halides is 3. The van der Waals surface area contributed by atoms with Crippen LogP contribution in [0.1, 0.15) is 13.3 Å². The molecule has 0 bridgehead atoms. The molecule has 2 atom stereocenters. The van der Waals surface area contributed by atoms with E-state index in [1.165, 1.54) is 0 Å². The van der Waals surface area contributed by atoms with E-state index in [9.17, 15) is 18.0 Å². The van der Waals surface area contributed by atoms with Crippen molar-refractivity contribution in [2.75, 3.05) is 26.3 Å². The zero-order chi connectivity index (χ0) is 12.9. The van der Waals surface area contributed by atoms with Gasteiger partial charge in [0, 0.05) is 12.6 Å². The Morgan fingerprint density at radius 3 is 2.82 bits per heavy atom. The highest BCUT2D eigenvalue weighted by atomic mass is 19.4. The summed E-state index contributed by atoms with van der Waals surface area (Å²) in [5.41, 5.74) is 0. The normalized spacial score (nSPS) is 22.5. The molecule has 7 heteroatoms. The monoisotopic (exact) mass is 254 g/mol. The minimum absolute atomic E-state index is 0.0833. The molecule has 1 aliphatic rings. The number of nitrogens with one attached hydrogen (secondary N) is 2. The van der Waals surface area contributed by atoms with E-state index in [0.29, 0.717) is 6.54 Å². The molecule has 0 aromatic carbocycles. The van der Waals surface area contributed by atoms with E-state index >= 15 is 0 Å². The molecular formula is C10H17F3N2O2. The van der Waals surface area contributed by atoms with Crippen LogP contribution >= 0.6 is 0 Å². The molecule has 1 aliphatic heterocycles. The molecule has 100 valence electrons. The maximum Gasteiger partial charge on any atom is 0.411 e. The average Bonchev–Trinajstić information content (AvgIpc) is 2.67. The Kier molecular flexibility index (Phi) is 5.20. The Labute approximate surface area is 97.9 Å². The SMILES string of the molecule is C[C@H](COCC(F)(F)F)NC(=O)[C@H]1CCNC1. The Hall–Kier alpha value is -0.820. The van der Waals surface area contributed by atoms with Gasteiger partial charge in [0.2, 0.25) is 5.91 Å². The van der Waals surface area contributed by atoms with Crippen molar-refractivity contribution in [3.63, 3.8) is 0 Å². The summed E-state index contributed by atoms with van der Waals surface area (Å²) in [4.78, 5) is 11.6. The zero-order valence-corrected chi connectivity index (χ0v) is 9.64. The number of hydrogen-bond acceptors (Lipinski definition) is 3. The van der Waals surface area contributed by atoms with Crippen LogP contribution in [0.15, 0.2) is 0 Å². The summed E-state index contributed by atoms with van der Waals surface area (Å²) >= 11 is 0. The van der Waals surface area contributed by atoms with E-state index < -0.39 is 18.8 Å². The second-order valence-electron chi connectivity index (χ2n) is 4.23. The molecular weight excluding hydrogens is 237 g/mol. The molecule has 0 radical (unpaired) electrons. The molecule has 17 heavy (non-hydrogen) atoms. The third-order valence-corrected chi connectivity index (χ3v) is 2.45. The topological polar surface area (TPSA) is 50.4 Å². The van der Waals surface area contributed by atoms with Crippen molar-refractivity contribution >= 4 is 5.91 Å².